The van der Waals surface area contributed by atoms with E-state index in [1.54, 1.807) is 6.07 Å². The Labute approximate surface area is 89.3 Å². The fourth-order valence-corrected chi connectivity index (χ4v) is 1.41. The van der Waals surface area contributed by atoms with Crippen LogP contribution < -0.4 is 16.0 Å². The van der Waals surface area contributed by atoms with Gasteiger partial charge in [0.15, 0.2) is 0 Å². The average molecular weight is 207 g/mol. The molecule has 0 heterocycles. The largest absolute Gasteiger partial charge is 0.548 e. The molecule has 0 amide bonds. The normalized spacial score (nSPS) is 10.0. The summed E-state index contributed by atoms with van der Waals surface area (Å²) in [7, 11) is 0. The first kappa shape index (κ1) is 11.5. The SMILES string of the molecule is CCCc1cccc(N(N)CC(=O)[O-])c1. The predicted octanol–water partition coefficient (Wildman–Crippen LogP) is 0.0691. The molecule has 0 aliphatic rings. The van der Waals surface area contributed by atoms with E-state index in [1.807, 2.05) is 18.2 Å². The maximum atomic E-state index is 10.4. The molecular weight excluding hydrogens is 192 g/mol. The van der Waals surface area contributed by atoms with Crippen molar-refractivity contribution >= 4 is 11.7 Å². The zero-order valence-electron chi connectivity index (χ0n) is 8.77. The van der Waals surface area contributed by atoms with E-state index in [1.165, 1.54) is 5.01 Å². The number of hydrogen-bond acceptors (Lipinski definition) is 4. The second kappa shape index (κ2) is 5.36. The molecule has 1 aromatic carbocycles. The Bertz CT molecular complexity index is 339. The number of benzene rings is 1. The highest BCUT2D eigenvalue weighted by atomic mass is 16.4. The monoisotopic (exact) mass is 207 g/mol. The summed E-state index contributed by atoms with van der Waals surface area (Å²) in [6.45, 7) is 1.80. The van der Waals surface area contributed by atoms with Crippen molar-refractivity contribution in [2.24, 2.45) is 5.84 Å². The highest BCUT2D eigenvalue weighted by molar-refractivity contribution is 5.71. The van der Waals surface area contributed by atoms with Gasteiger partial charge >= 0.3 is 0 Å². The molecule has 15 heavy (non-hydrogen) atoms. The van der Waals surface area contributed by atoms with Crippen LogP contribution in [0.2, 0.25) is 0 Å². The van der Waals surface area contributed by atoms with Gasteiger partial charge in [-0.15, -0.1) is 0 Å². The lowest BCUT2D eigenvalue weighted by Gasteiger charge is -2.19. The van der Waals surface area contributed by atoms with Crippen LogP contribution >= 0.6 is 0 Å². The van der Waals surface area contributed by atoms with Crippen LogP contribution in [0.25, 0.3) is 0 Å². The highest BCUT2D eigenvalue weighted by Gasteiger charge is 2.02. The number of aliphatic carboxylic acids is 1. The molecule has 0 unspecified atom stereocenters. The first-order valence-electron chi connectivity index (χ1n) is 4.94. The van der Waals surface area contributed by atoms with Crippen molar-refractivity contribution < 1.29 is 9.90 Å². The van der Waals surface area contributed by atoms with E-state index in [9.17, 15) is 9.90 Å². The van der Waals surface area contributed by atoms with E-state index in [2.05, 4.69) is 6.92 Å². The molecule has 82 valence electrons. The maximum absolute atomic E-state index is 10.4. The van der Waals surface area contributed by atoms with Crippen molar-refractivity contribution in [3.8, 4) is 0 Å². The van der Waals surface area contributed by atoms with Gasteiger partial charge in [0.25, 0.3) is 0 Å². The van der Waals surface area contributed by atoms with Gasteiger partial charge < -0.3 is 14.9 Å². The van der Waals surface area contributed by atoms with Gasteiger partial charge in [-0.2, -0.15) is 0 Å². The summed E-state index contributed by atoms with van der Waals surface area (Å²) in [4.78, 5) is 10.4. The molecule has 4 heteroatoms. The number of aryl methyl sites for hydroxylation is 1. The second-order valence-corrected chi connectivity index (χ2v) is 3.42. The summed E-state index contributed by atoms with van der Waals surface area (Å²) in [6.07, 6.45) is 2.02. The third-order valence-corrected chi connectivity index (χ3v) is 2.08. The maximum Gasteiger partial charge on any atom is 0.0737 e. The molecule has 0 atom stereocenters. The van der Waals surface area contributed by atoms with Crippen LogP contribution in [0.3, 0.4) is 0 Å². The fraction of sp³-hybridized carbons (Fsp3) is 0.364. The number of hydrazine groups is 1. The summed E-state index contributed by atoms with van der Waals surface area (Å²) >= 11 is 0. The van der Waals surface area contributed by atoms with Gasteiger partial charge in [0.2, 0.25) is 0 Å². The Morgan fingerprint density at radius 3 is 2.87 bits per heavy atom. The first-order chi connectivity index (χ1) is 7.13. The summed E-state index contributed by atoms with van der Waals surface area (Å²) in [5.74, 6) is 4.39. The third-order valence-electron chi connectivity index (χ3n) is 2.08. The number of rotatable bonds is 5. The lowest BCUT2D eigenvalue weighted by molar-refractivity contribution is -0.303. The van der Waals surface area contributed by atoms with Crippen LogP contribution in [-0.2, 0) is 11.2 Å². The molecule has 1 rings (SSSR count). The van der Waals surface area contributed by atoms with Crippen LogP contribution in [0.15, 0.2) is 24.3 Å². The quantitative estimate of drug-likeness (QED) is 0.548. The summed E-state index contributed by atoms with van der Waals surface area (Å²) in [6, 6.07) is 7.55. The van der Waals surface area contributed by atoms with Crippen LogP contribution in [0.1, 0.15) is 18.9 Å². The minimum Gasteiger partial charge on any atom is -0.548 e. The van der Waals surface area contributed by atoms with E-state index >= 15 is 0 Å². The van der Waals surface area contributed by atoms with E-state index in [-0.39, 0.29) is 6.54 Å². The minimum atomic E-state index is -1.18. The molecule has 0 bridgehead atoms. The van der Waals surface area contributed by atoms with E-state index in [4.69, 9.17) is 5.84 Å². The molecule has 0 saturated heterocycles. The Balaban J connectivity index is 2.75. The smallest absolute Gasteiger partial charge is 0.0737 e. The number of anilines is 1. The van der Waals surface area contributed by atoms with Crippen LogP contribution in [0.4, 0.5) is 5.69 Å². The highest BCUT2D eigenvalue weighted by Crippen LogP contribution is 2.14. The molecule has 0 aliphatic heterocycles. The summed E-state index contributed by atoms with van der Waals surface area (Å²) in [5.41, 5.74) is 1.86. The van der Waals surface area contributed by atoms with Crippen molar-refractivity contribution in [1.82, 2.24) is 0 Å². The zero-order chi connectivity index (χ0) is 11.3. The standard InChI is InChI=1S/C11H16N2O2/c1-2-4-9-5-3-6-10(7-9)13(12)8-11(14)15/h3,5-7H,2,4,8,12H2,1H3,(H,14,15)/p-1. The van der Waals surface area contributed by atoms with E-state index in [0.717, 1.165) is 18.4 Å². The number of carbonyl (C=O) groups excluding carboxylic acids is 1. The summed E-state index contributed by atoms with van der Waals surface area (Å²) in [5, 5.41) is 11.5. The average Bonchev–Trinajstić information content (AvgIpc) is 2.17. The number of hydrogen-bond donors (Lipinski definition) is 1. The molecule has 0 aliphatic carbocycles. The van der Waals surface area contributed by atoms with Crippen molar-refractivity contribution in [2.45, 2.75) is 19.8 Å². The molecule has 4 nitrogen and oxygen atoms in total. The summed E-state index contributed by atoms with van der Waals surface area (Å²) < 4.78 is 0. The van der Waals surface area contributed by atoms with Crippen molar-refractivity contribution in [1.29, 1.82) is 0 Å². The predicted molar refractivity (Wildman–Crippen MR) is 57.0 cm³/mol. The van der Waals surface area contributed by atoms with Crippen LogP contribution in [0, 0.1) is 0 Å². The Kier molecular flexibility index (Phi) is 4.12. The fourth-order valence-electron chi connectivity index (χ4n) is 1.41. The molecule has 0 spiro atoms. The van der Waals surface area contributed by atoms with Gasteiger partial charge in [-0.05, 0) is 24.1 Å². The van der Waals surface area contributed by atoms with Crippen molar-refractivity contribution in [3.63, 3.8) is 0 Å². The number of carboxylic acids is 1. The Morgan fingerprint density at radius 2 is 2.27 bits per heavy atom. The van der Waals surface area contributed by atoms with E-state index < -0.39 is 5.97 Å². The molecular formula is C11H15N2O2-. The van der Waals surface area contributed by atoms with Crippen LogP contribution in [0.5, 0.6) is 0 Å². The number of nitrogens with two attached hydrogens (primary N) is 1. The van der Waals surface area contributed by atoms with Gasteiger partial charge in [-0.1, -0.05) is 25.5 Å². The molecule has 1 aromatic rings. The van der Waals surface area contributed by atoms with E-state index in [0.29, 0.717) is 5.69 Å². The lowest BCUT2D eigenvalue weighted by Crippen LogP contribution is -2.42. The van der Waals surface area contributed by atoms with Gasteiger partial charge in [-0.25, -0.2) is 5.84 Å². The third kappa shape index (κ3) is 3.59. The Hall–Kier alpha value is -1.55. The lowest BCUT2D eigenvalue weighted by atomic mass is 10.1. The van der Waals surface area contributed by atoms with Crippen molar-refractivity contribution in [2.75, 3.05) is 11.6 Å². The van der Waals surface area contributed by atoms with Gasteiger partial charge in [0.05, 0.1) is 18.2 Å². The Morgan fingerprint density at radius 1 is 1.53 bits per heavy atom. The number of carbonyl (C=O) groups is 1. The van der Waals surface area contributed by atoms with Gasteiger partial charge in [-0.3, -0.25) is 0 Å². The van der Waals surface area contributed by atoms with Crippen LogP contribution in [-0.4, -0.2) is 12.5 Å². The first-order valence-corrected chi connectivity index (χ1v) is 4.94. The topological polar surface area (TPSA) is 69.4 Å². The molecule has 0 radical (unpaired) electrons. The number of nitrogens with zero attached hydrogens (tertiary/aromatic N) is 1. The molecule has 0 saturated carbocycles. The van der Waals surface area contributed by atoms with Crippen molar-refractivity contribution in [3.05, 3.63) is 29.8 Å². The second-order valence-electron chi connectivity index (χ2n) is 3.42. The number of carboxylic acid groups (broad SMARTS) is 1. The van der Waals surface area contributed by atoms with Gasteiger partial charge in [0, 0.05) is 0 Å². The minimum absolute atomic E-state index is 0.296. The molecule has 0 aromatic heterocycles. The zero-order valence-corrected chi connectivity index (χ0v) is 8.77. The molecule has 2 N–H and O–H groups in total. The molecule has 0 fully saturated rings. The van der Waals surface area contributed by atoms with Gasteiger partial charge in [0.1, 0.15) is 0 Å².